The van der Waals surface area contributed by atoms with E-state index in [1.165, 1.54) is 0 Å². The second kappa shape index (κ2) is 8.58. The van der Waals surface area contributed by atoms with Crippen molar-refractivity contribution < 1.29 is 24.2 Å². The van der Waals surface area contributed by atoms with Gasteiger partial charge in [-0.2, -0.15) is 11.8 Å². The van der Waals surface area contributed by atoms with E-state index in [2.05, 4.69) is 10.6 Å². The number of nitrogens with one attached hydrogen (secondary N) is 2. The van der Waals surface area contributed by atoms with Gasteiger partial charge in [0, 0.05) is 0 Å². The number of carboxylic acid groups (broad SMARTS) is 1. The molecule has 1 fully saturated rings. The lowest BCUT2D eigenvalue weighted by Gasteiger charge is -2.33. The van der Waals surface area contributed by atoms with Gasteiger partial charge in [0.1, 0.15) is 11.3 Å². The van der Waals surface area contributed by atoms with Crippen LogP contribution in [-0.2, 0) is 14.4 Å². The zero-order chi connectivity index (χ0) is 17.4. The molecule has 7 nitrogen and oxygen atoms in total. The minimum absolute atomic E-state index is 0.210. The lowest BCUT2D eigenvalue weighted by atomic mass is 9.92. The van der Waals surface area contributed by atoms with Crippen LogP contribution in [0.15, 0.2) is 30.3 Å². The molecule has 0 spiro atoms. The van der Waals surface area contributed by atoms with Crippen LogP contribution in [0.2, 0.25) is 0 Å². The van der Waals surface area contributed by atoms with Gasteiger partial charge in [-0.25, -0.2) is 4.79 Å². The van der Waals surface area contributed by atoms with Crippen LogP contribution in [0.25, 0.3) is 0 Å². The fraction of sp³-hybridized carbons (Fsp3) is 0.438. The topological polar surface area (TPSA) is 105 Å². The minimum atomic E-state index is -1.23. The van der Waals surface area contributed by atoms with Crippen LogP contribution in [0.5, 0.6) is 5.75 Å². The Morgan fingerprint density at radius 2 is 1.79 bits per heavy atom. The molecule has 0 radical (unpaired) electrons. The number of amides is 2. The highest BCUT2D eigenvalue weighted by atomic mass is 32.2. The first kappa shape index (κ1) is 18.1. The fourth-order valence-corrected chi connectivity index (χ4v) is 3.51. The molecule has 1 heterocycles. The van der Waals surface area contributed by atoms with E-state index in [4.69, 9.17) is 4.74 Å². The van der Waals surface area contributed by atoms with E-state index in [9.17, 15) is 19.5 Å². The predicted octanol–water partition coefficient (Wildman–Crippen LogP) is 0.648. The van der Waals surface area contributed by atoms with Crippen LogP contribution in [0.3, 0.4) is 0 Å². The van der Waals surface area contributed by atoms with Crippen molar-refractivity contribution in [3.63, 3.8) is 0 Å². The molecule has 0 bridgehead atoms. The molecule has 3 N–H and O–H groups in total. The summed E-state index contributed by atoms with van der Waals surface area (Å²) in [4.78, 5) is 35.1. The number of rotatable bonds is 7. The van der Waals surface area contributed by atoms with Crippen molar-refractivity contribution in [3.05, 3.63) is 30.3 Å². The van der Waals surface area contributed by atoms with Crippen molar-refractivity contribution >= 4 is 29.5 Å². The molecule has 0 aromatic heterocycles. The Balaban J connectivity index is 1.75. The highest BCUT2D eigenvalue weighted by Crippen LogP contribution is 2.27. The summed E-state index contributed by atoms with van der Waals surface area (Å²) in [6.07, 6.45) is 0.758. The molecule has 0 aliphatic carbocycles. The Morgan fingerprint density at radius 1 is 1.12 bits per heavy atom. The molecule has 8 heteroatoms. The highest BCUT2D eigenvalue weighted by Gasteiger charge is 2.41. The second-order valence-corrected chi connectivity index (χ2v) is 6.65. The lowest BCUT2D eigenvalue weighted by Crippen LogP contribution is -2.58. The van der Waals surface area contributed by atoms with Gasteiger partial charge in [-0.1, -0.05) is 18.2 Å². The Kier molecular flexibility index (Phi) is 6.48. The smallest absolute Gasteiger partial charge is 0.329 e. The normalized spacial score (nSPS) is 16.0. The average molecular weight is 352 g/mol. The fourth-order valence-electron chi connectivity index (χ4n) is 2.32. The van der Waals surface area contributed by atoms with Gasteiger partial charge in [-0.3, -0.25) is 9.59 Å². The van der Waals surface area contributed by atoms with Crippen molar-refractivity contribution in [1.29, 1.82) is 0 Å². The van der Waals surface area contributed by atoms with Gasteiger partial charge in [0.15, 0.2) is 6.61 Å². The quantitative estimate of drug-likeness (QED) is 0.665. The van der Waals surface area contributed by atoms with Crippen LogP contribution in [0.4, 0.5) is 0 Å². The summed E-state index contributed by atoms with van der Waals surface area (Å²) in [7, 11) is 0. The molecule has 130 valence electrons. The van der Waals surface area contributed by atoms with Crippen LogP contribution >= 0.6 is 11.8 Å². The van der Waals surface area contributed by atoms with Crippen LogP contribution < -0.4 is 15.4 Å². The van der Waals surface area contributed by atoms with Crippen molar-refractivity contribution in [2.75, 3.05) is 24.7 Å². The number of aliphatic carboxylic acids is 1. The van der Waals surface area contributed by atoms with Gasteiger partial charge in [0.2, 0.25) is 5.91 Å². The van der Waals surface area contributed by atoms with E-state index < -0.39 is 23.3 Å². The van der Waals surface area contributed by atoms with Crippen LogP contribution in [-0.4, -0.2) is 53.1 Å². The first-order valence-electron chi connectivity index (χ1n) is 7.58. The lowest BCUT2D eigenvalue weighted by molar-refractivity contribution is -0.148. The van der Waals surface area contributed by atoms with Crippen molar-refractivity contribution in [2.45, 2.75) is 18.4 Å². The molecular weight excluding hydrogens is 332 g/mol. The molecule has 2 rings (SSSR count). The molecule has 1 saturated heterocycles. The minimum Gasteiger partial charge on any atom is -0.484 e. The average Bonchev–Trinajstić information content (AvgIpc) is 2.60. The van der Waals surface area contributed by atoms with Crippen molar-refractivity contribution in [1.82, 2.24) is 10.6 Å². The Morgan fingerprint density at radius 3 is 2.42 bits per heavy atom. The number of hydrogen-bond acceptors (Lipinski definition) is 5. The molecule has 0 atom stereocenters. The molecule has 2 amide bonds. The van der Waals surface area contributed by atoms with Gasteiger partial charge in [-0.05, 0) is 36.5 Å². The third kappa shape index (κ3) is 5.16. The number of carbonyl (C=O) groups is 3. The molecular formula is C16H20N2O5S. The second-order valence-electron chi connectivity index (χ2n) is 5.43. The van der Waals surface area contributed by atoms with Crippen LogP contribution in [0.1, 0.15) is 12.8 Å². The maximum Gasteiger partial charge on any atom is 0.329 e. The molecule has 1 aromatic rings. The van der Waals surface area contributed by atoms with E-state index in [1.807, 2.05) is 6.07 Å². The predicted molar refractivity (Wildman–Crippen MR) is 90.0 cm³/mol. The highest BCUT2D eigenvalue weighted by molar-refractivity contribution is 7.99. The number of para-hydroxylation sites is 1. The molecule has 1 aliphatic heterocycles. The third-order valence-corrected chi connectivity index (χ3v) is 4.68. The van der Waals surface area contributed by atoms with E-state index in [0.29, 0.717) is 30.1 Å². The summed E-state index contributed by atoms with van der Waals surface area (Å²) in [5.41, 5.74) is -1.23. The van der Waals surface area contributed by atoms with Crippen molar-refractivity contribution in [2.24, 2.45) is 0 Å². The van der Waals surface area contributed by atoms with Crippen molar-refractivity contribution in [3.8, 4) is 5.75 Å². The Bertz CT molecular complexity index is 587. The number of benzene rings is 1. The number of ether oxygens (including phenoxy) is 1. The van der Waals surface area contributed by atoms with E-state index in [-0.39, 0.29) is 13.2 Å². The van der Waals surface area contributed by atoms with Crippen LogP contribution in [0, 0.1) is 0 Å². The zero-order valence-corrected chi connectivity index (χ0v) is 13.9. The summed E-state index contributed by atoms with van der Waals surface area (Å²) in [5, 5.41) is 14.4. The van der Waals surface area contributed by atoms with Gasteiger partial charge in [0.25, 0.3) is 5.91 Å². The molecule has 24 heavy (non-hydrogen) atoms. The molecule has 1 aliphatic rings. The van der Waals surface area contributed by atoms with Gasteiger partial charge < -0.3 is 20.5 Å². The largest absolute Gasteiger partial charge is 0.484 e. The first-order valence-corrected chi connectivity index (χ1v) is 8.74. The number of hydrogen-bond donors (Lipinski definition) is 3. The van der Waals surface area contributed by atoms with E-state index >= 15 is 0 Å². The summed E-state index contributed by atoms with van der Waals surface area (Å²) < 4.78 is 5.27. The zero-order valence-electron chi connectivity index (χ0n) is 13.1. The summed E-state index contributed by atoms with van der Waals surface area (Å²) in [6.45, 7) is -0.489. The SMILES string of the molecule is O=C(COc1ccccc1)NCC(=O)NC1(C(=O)O)CCSCC1. The third-order valence-electron chi connectivity index (χ3n) is 3.69. The summed E-state index contributed by atoms with van der Waals surface area (Å²) >= 11 is 1.66. The molecule has 0 unspecified atom stereocenters. The number of carboxylic acids is 1. The monoisotopic (exact) mass is 352 g/mol. The van der Waals surface area contributed by atoms with Gasteiger partial charge >= 0.3 is 5.97 Å². The molecule has 1 aromatic carbocycles. The number of carbonyl (C=O) groups excluding carboxylic acids is 2. The van der Waals surface area contributed by atoms with Gasteiger partial charge in [0.05, 0.1) is 6.54 Å². The maximum atomic E-state index is 12.0. The molecule has 0 saturated carbocycles. The standard InChI is InChI=1S/C16H20N2O5S/c19-13(18-16(15(21)22)6-8-24-9-7-16)10-17-14(20)11-23-12-4-2-1-3-5-12/h1-5H,6-11H2,(H,17,20)(H,18,19)(H,21,22). The maximum absolute atomic E-state index is 12.0. The van der Waals surface area contributed by atoms with E-state index in [0.717, 1.165) is 0 Å². The number of thioether (sulfide) groups is 1. The summed E-state index contributed by atoms with van der Waals surface area (Å²) in [5.74, 6) is -0.0697. The Hall–Kier alpha value is -2.22. The first-order chi connectivity index (χ1) is 11.5. The summed E-state index contributed by atoms with van der Waals surface area (Å²) in [6, 6.07) is 8.84. The Labute approximate surface area is 144 Å². The van der Waals surface area contributed by atoms with E-state index in [1.54, 1.807) is 36.0 Å². The van der Waals surface area contributed by atoms with Gasteiger partial charge in [-0.15, -0.1) is 0 Å².